The van der Waals surface area contributed by atoms with Crippen molar-refractivity contribution < 1.29 is 13.5 Å². The van der Waals surface area contributed by atoms with Gasteiger partial charge >= 0.3 is 0 Å². The standard InChI is InChI=1S/C17H14F2N2O/c1-9-10(2)17(11-4-5-20-15(6-11)22-3)21-14-8-12(18)7-13(19)16(9)14/h4-8H,1-3H3. The fourth-order valence-electron chi connectivity index (χ4n) is 2.54. The SMILES string of the molecule is COc1cc(-c2nc3cc(F)cc(F)c3c(C)c2C)ccn1. The van der Waals surface area contributed by atoms with Crippen LogP contribution in [0.15, 0.2) is 30.5 Å². The van der Waals surface area contributed by atoms with Crippen molar-refractivity contribution in [1.82, 2.24) is 9.97 Å². The first kappa shape index (κ1) is 14.4. The maximum absolute atomic E-state index is 14.0. The number of ether oxygens (including phenoxy) is 1. The third kappa shape index (κ3) is 2.28. The number of pyridine rings is 2. The number of hydrogen-bond donors (Lipinski definition) is 0. The van der Waals surface area contributed by atoms with E-state index in [1.807, 2.05) is 13.8 Å². The molecule has 0 fully saturated rings. The number of fused-ring (bicyclic) bond motifs is 1. The minimum Gasteiger partial charge on any atom is -0.481 e. The average Bonchev–Trinajstić information content (AvgIpc) is 2.50. The molecular weight excluding hydrogens is 286 g/mol. The summed E-state index contributed by atoms with van der Waals surface area (Å²) in [5.41, 5.74) is 3.33. The molecule has 112 valence electrons. The van der Waals surface area contributed by atoms with Gasteiger partial charge in [0.15, 0.2) is 0 Å². The number of methoxy groups -OCH3 is 1. The zero-order chi connectivity index (χ0) is 15.9. The molecule has 5 heteroatoms. The van der Waals surface area contributed by atoms with Crippen molar-refractivity contribution in [2.75, 3.05) is 7.11 Å². The number of benzene rings is 1. The first-order valence-electron chi connectivity index (χ1n) is 6.77. The molecule has 0 N–H and O–H groups in total. The van der Waals surface area contributed by atoms with Gasteiger partial charge in [-0.1, -0.05) is 0 Å². The van der Waals surface area contributed by atoms with Gasteiger partial charge in [-0.05, 0) is 31.0 Å². The molecule has 0 atom stereocenters. The molecule has 1 aromatic carbocycles. The van der Waals surface area contributed by atoms with E-state index in [0.717, 1.165) is 22.8 Å². The van der Waals surface area contributed by atoms with Crippen LogP contribution in [0.1, 0.15) is 11.1 Å². The van der Waals surface area contributed by atoms with Crippen LogP contribution in [0.2, 0.25) is 0 Å². The molecular formula is C17H14F2N2O. The van der Waals surface area contributed by atoms with E-state index in [1.165, 1.54) is 13.2 Å². The number of rotatable bonds is 2. The fourth-order valence-corrected chi connectivity index (χ4v) is 2.54. The van der Waals surface area contributed by atoms with E-state index in [9.17, 15) is 8.78 Å². The number of nitrogens with zero attached hydrogens (tertiary/aromatic N) is 2. The van der Waals surface area contributed by atoms with Gasteiger partial charge in [-0.2, -0.15) is 0 Å². The van der Waals surface area contributed by atoms with Crippen LogP contribution in [-0.2, 0) is 0 Å². The maximum Gasteiger partial charge on any atom is 0.213 e. The minimum absolute atomic E-state index is 0.298. The van der Waals surface area contributed by atoms with Gasteiger partial charge in [-0.3, -0.25) is 0 Å². The van der Waals surface area contributed by atoms with E-state index in [1.54, 1.807) is 18.3 Å². The maximum atomic E-state index is 14.0. The van der Waals surface area contributed by atoms with Crippen molar-refractivity contribution in [3.8, 4) is 17.1 Å². The Morgan fingerprint density at radius 2 is 1.82 bits per heavy atom. The highest BCUT2D eigenvalue weighted by Crippen LogP contribution is 2.31. The van der Waals surface area contributed by atoms with Crippen molar-refractivity contribution in [1.29, 1.82) is 0 Å². The van der Waals surface area contributed by atoms with Crippen molar-refractivity contribution in [2.45, 2.75) is 13.8 Å². The molecule has 0 aliphatic heterocycles. The summed E-state index contributed by atoms with van der Waals surface area (Å²) in [5, 5.41) is 0.351. The van der Waals surface area contributed by atoms with Crippen LogP contribution >= 0.6 is 0 Å². The molecule has 3 rings (SSSR count). The number of halogens is 2. The fraction of sp³-hybridized carbons (Fsp3) is 0.176. The molecule has 0 unspecified atom stereocenters. The lowest BCUT2D eigenvalue weighted by Gasteiger charge is -2.13. The van der Waals surface area contributed by atoms with E-state index in [4.69, 9.17) is 4.74 Å². The number of aryl methyl sites for hydroxylation is 1. The Morgan fingerprint density at radius 3 is 2.55 bits per heavy atom. The Balaban J connectivity index is 2.33. The smallest absolute Gasteiger partial charge is 0.213 e. The van der Waals surface area contributed by atoms with Crippen molar-refractivity contribution in [2.24, 2.45) is 0 Å². The predicted octanol–water partition coefficient (Wildman–Crippen LogP) is 4.20. The summed E-state index contributed by atoms with van der Waals surface area (Å²) in [6.45, 7) is 3.68. The van der Waals surface area contributed by atoms with E-state index in [0.29, 0.717) is 22.5 Å². The molecule has 0 saturated carbocycles. The van der Waals surface area contributed by atoms with E-state index in [-0.39, 0.29) is 0 Å². The number of aromatic nitrogens is 2. The highest BCUT2D eigenvalue weighted by Gasteiger charge is 2.15. The summed E-state index contributed by atoms with van der Waals surface area (Å²) >= 11 is 0. The molecule has 22 heavy (non-hydrogen) atoms. The van der Waals surface area contributed by atoms with Crippen molar-refractivity contribution >= 4 is 10.9 Å². The summed E-state index contributed by atoms with van der Waals surface area (Å²) in [6, 6.07) is 5.66. The summed E-state index contributed by atoms with van der Waals surface area (Å²) in [7, 11) is 1.53. The molecule has 0 radical (unpaired) electrons. The topological polar surface area (TPSA) is 35.0 Å². The van der Waals surface area contributed by atoms with Crippen molar-refractivity contribution in [3.63, 3.8) is 0 Å². The molecule has 2 aromatic heterocycles. The second-order valence-corrected chi connectivity index (χ2v) is 5.08. The van der Waals surface area contributed by atoms with Crippen LogP contribution in [-0.4, -0.2) is 17.1 Å². The molecule has 0 aliphatic rings. The zero-order valence-electron chi connectivity index (χ0n) is 12.4. The summed E-state index contributed by atoms with van der Waals surface area (Å²) in [5.74, 6) is -0.775. The monoisotopic (exact) mass is 300 g/mol. The van der Waals surface area contributed by atoms with Gasteiger partial charge in [0.1, 0.15) is 11.6 Å². The molecule has 3 nitrogen and oxygen atoms in total. The van der Waals surface area contributed by atoms with Gasteiger partial charge in [-0.15, -0.1) is 0 Å². The summed E-state index contributed by atoms with van der Waals surface area (Å²) < 4.78 is 32.6. The van der Waals surface area contributed by atoms with Gasteiger partial charge in [-0.25, -0.2) is 18.7 Å². The lowest BCUT2D eigenvalue weighted by atomic mass is 9.99. The van der Waals surface area contributed by atoms with Crippen LogP contribution in [0.3, 0.4) is 0 Å². The largest absolute Gasteiger partial charge is 0.481 e. The highest BCUT2D eigenvalue weighted by molar-refractivity contribution is 5.87. The van der Waals surface area contributed by atoms with Crippen LogP contribution in [0.5, 0.6) is 5.88 Å². The normalized spacial score (nSPS) is 11.0. The second kappa shape index (κ2) is 5.33. The van der Waals surface area contributed by atoms with Gasteiger partial charge in [0, 0.05) is 35.3 Å². The molecule has 0 spiro atoms. The Bertz CT molecular complexity index is 878. The Morgan fingerprint density at radius 1 is 1.05 bits per heavy atom. The first-order valence-corrected chi connectivity index (χ1v) is 6.77. The molecule has 0 bridgehead atoms. The van der Waals surface area contributed by atoms with Crippen LogP contribution < -0.4 is 4.74 Å². The third-order valence-electron chi connectivity index (χ3n) is 3.78. The lowest BCUT2D eigenvalue weighted by molar-refractivity contribution is 0.398. The quantitative estimate of drug-likeness (QED) is 0.711. The molecule has 0 saturated heterocycles. The van der Waals surface area contributed by atoms with Crippen LogP contribution in [0.4, 0.5) is 8.78 Å². The molecule has 0 amide bonds. The lowest BCUT2D eigenvalue weighted by Crippen LogP contribution is -1.98. The zero-order valence-corrected chi connectivity index (χ0v) is 12.4. The molecule has 0 aliphatic carbocycles. The minimum atomic E-state index is -0.640. The van der Waals surface area contributed by atoms with Gasteiger partial charge in [0.25, 0.3) is 0 Å². The van der Waals surface area contributed by atoms with Gasteiger partial charge in [0.05, 0.1) is 18.3 Å². The van der Waals surface area contributed by atoms with E-state index < -0.39 is 11.6 Å². The Hall–Kier alpha value is -2.56. The Kier molecular flexibility index (Phi) is 3.48. The molecule has 3 aromatic rings. The highest BCUT2D eigenvalue weighted by atomic mass is 19.1. The van der Waals surface area contributed by atoms with Crippen molar-refractivity contribution in [3.05, 3.63) is 53.2 Å². The van der Waals surface area contributed by atoms with E-state index >= 15 is 0 Å². The van der Waals surface area contributed by atoms with E-state index in [2.05, 4.69) is 9.97 Å². The summed E-state index contributed by atoms with van der Waals surface area (Å²) in [6.07, 6.45) is 1.61. The van der Waals surface area contributed by atoms with Gasteiger partial charge < -0.3 is 4.74 Å². The average molecular weight is 300 g/mol. The summed E-state index contributed by atoms with van der Waals surface area (Å²) in [4.78, 5) is 8.50. The Labute approximate surface area is 126 Å². The first-order chi connectivity index (χ1) is 10.5. The molecule has 2 heterocycles. The van der Waals surface area contributed by atoms with Crippen LogP contribution in [0.25, 0.3) is 22.2 Å². The third-order valence-corrected chi connectivity index (χ3v) is 3.78. The second-order valence-electron chi connectivity index (χ2n) is 5.08. The predicted molar refractivity (Wildman–Crippen MR) is 80.9 cm³/mol. The van der Waals surface area contributed by atoms with Crippen LogP contribution in [0, 0.1) is 25.5 Å². The van der Waals surface area contributed by atoms with Gasteiger partial charge in [0.2, 0.25) is 5.88 Å². The number of hydrogen-bond acceptors (Lipinski definition) is 3.